The summed E-state index contributed by atoms with van der Waals surface area (Å²) < 4.78 is 10.6. The number of hydrogen-bond acceptors (Lipinski definition) is 6. The molecule has 0 heterocycles. The van der Waals surface area contributed by atoms with Crippen LogP contribution in [-0.4, -0.2) is 66.2 Å². The summed E-state index contributed by atoms with van der Waals surface area (Å²) >= 11 is 0. The first-order chi connectivity index (χ1) is 19.1. The number of amides is 3. The van der Waals surface area contributed by atoms with E-state index in [0.29, 0.717) is 5.57 Å². The fourth-order valence-electron chi connectivity index (χ4n) is 4.58. The van der Waals surface area contributed by atoms with Crippen molar-refractivity contribution in [2.75, 3.05) is 13.7 Å². The third-order valence-electron chi connectivity index (χ3n) is 7.06. The molecule has 0 aliphatic rings. The van der Waals surface area contributed by atoms with Crippen molar-refractivity contribution in [2.45, 2.75) is 112 Å². The van der Waals surface area contributed by atoms with Crippen molar-refractivity contribution >= 4 is 23.9 Å². The highest BCUT2D eigenvalue weighted by Gasteiger charge is 2.43. The molecule has 0 saturated heterocycles. The zero-order valence-corrected chi connectivity index (χ0v) is 27.9. The number of hydrogen-bond donors (Lipinski definition) is 2. The van der Waals surface area contributed by atoms with Crippen LogP contribution in [0.5, 0.6) is 0 Å². The van der Waals surface area contributed by atoms with Gasteiger partial charge in [0.1, 0.15) is 17.7 Å². The molecule has 0 radical (unpaired) electrons. The lowest BCUT2D eigenvalue weighted by atomic mass is 9.76. The molecule has 1 aromatic rings. The highest BCUT2D eigenvalue weighted by atomic mass is 16.6. The monoisotopic (exact) mass is 587 g/mol. The second kappa shape index (κ2) is 14.7. The second-order valence-electron chi connectivity index (χ2n) is 13.7. The van der Waals surface area contributed by atoms with Crippen molar-refractivity contribution in [1.29, 1.82) is 0 Å². The Morgan fingerprint density at radius 2 is 1.45 bits per heavy atom. The lowest BCUT2D eigenvalue weighted by Crippen LogP contribution is -2.63. The number of alkyl carbamates (subject to hydrolysis) is 1. The minimum absolute atomic E-state index is 0.0294. The van der Waals surface area contributed by atoms with E-state index in [-0.39, 0.29) is 18.4 Å². The first-order valence-corrected chi connectivity index (χ1v) is 14.6. The molecule has 0 aliphatic carbocycles. The smallest absolute Gasteiger partial charge is 0.408 e. The number of likely N-dealkylation sites (N-methyl/N-ethyl adjacent to an activating group) is 1. The molecular weight excluding hydrogens is 534 g/mol. The molecule has 3 atom stereocenters. The summed E-state index contributed by atoms with van der Waals surface area (Å²) in [5.41, 5.74) is -1.08. The molecular formula is C33H53N3O6. The maximum Gasteiger partial charge on any atom is 0.408 e. The Morgan fingerprint density at radius 1 is 0.905 bits per heavy atom. The quantitative estimate of drug-likeness (QED) is 0.265. The van der Waals surface area contributed by atoms with Gasteiger partial charge in [0, 0.05) is 18.0 Å². The van der Waals surface area contributed by atoms with Gasteiger partial charge in [-0.2, -0.15) is 0 Å². The van der Waals surface area contributed by atoms with Crippen molar-refractivity contribution in [3.05, 3.63) is 47.5 Å². The first kappa shape index (κ1) is 36.7. The van der Waals surface area contributed by atoms with Crippen LogP contribution in [0.2, 0.25) is 0 Å². The normalized spacial score (nSPS) is 14.9. The van der Waals surface area contributed by atoms with Crippen LogP contribution in [0, 0.1) is 11.3 Å². The van der Waals surface area contributed by atoms with E-state index in [0.717, 1.165) is 5.56 Å². The van der Waals surface area contributed by atoms with Gasteiger partial charge in [-0.3, -0.25) is 9.59 Å². The van der Waals surface area contributed by atoms with E-state index in [2.05, 4.69) is 10.6 Å². The van der Waals surface area contributed by atoms with E-state index in [1.165, 1.54) is 0 Å². The van der Waals surface area contributed by atoms with Gasteiger partial charge in [-0.25, -0.2) is 9.59 Å². The number of nitrogens with zero attached hydrogens (tertiary/aromatic N) is 1. The van der Waals surface area contributed by atoms with Gasteiger partial charge in [-0.05, 0) is 51.5 Å². The van der Waals surface area contributed by atoms with Gasteiger partial charge in [0.2, 0.25) is 11.8 Å². The van der Waals surface area contributed by atoms with Crippen LogP contribution in [0.3, 0.4) is 0 Å². The molecule has 3 amide bonds. The third kappa shape index (κ3) is 10.5. The standard InChI is InChI=1S/C33H53N3O6/c1-14-41-29(39)22(4)20-24(21(2)3)36(13)28(38)26(31(5,6)7)34-27(37)25(35-30(40)42-32(8,9)10)33(11,12)23-18-16-15-17-19-23/h15-21,24-26H,14H2,1-13H3,(H,34,37)(H,35,40)/b22-20+/t24-,25-,26-/m1/s1. The summed E-state index contributed by atoms with van der Waals surface area (Å²) in [6, 6.07) is 6.96. The Hall–Kier alpha value is -3.36. The highest BCUT2D eigenvalue weighted by molar-refractivity contribution is 5.93. The van der Waals surface area contributed by atoms with Crippen molar-refractivity contribution in [3.8, 4) is 0 Å². The minimum atomic E-state index is -1.07. The maximum absolute atomic E-state index is 14.1. The molecule has 0 bridgehead atoms. The van der Waals surface area contributed by atoms with E-state index in [1.54, 1.807) is 52.6 Å². The third-order valence-corrected chi connectivity index (χ3v) is 7.06. The average molecular weight is 588 g/mol. The van der Waals surface area contributed by atoms with Gasteiger partial charge in [-0.15, -0.1) is 0 Å². The van der Waals surface area contributed by atoms with Gasteiger partial charge in [0.15, 0.2) is 0 Å². The van der Waals surface area contributed by atoms with Crippen LogP contribution in [0.15, 0.2) is 42.0 Å². The van der Waals surface area contributed by atoms with Crippen LogP contribution >= 0.6 is 0 Å². The molecule has 2 N–H and O–H groups in total. The molecule has 0 aliphatic heterocycles. The summed E-state index contributed by atoms with van der Waals surface area (Å²) in [7, 11) is 1.66. The number of carbonyl (C=O) groups is 4. The van der Waals surface area contributed by atoms with Gasteiger partial charge >= 0.3 is 12.1 Å². The van der Waals surface area contributed by atoms with E-state index >= 15 is 0 Å². The molecule has 42 heavy (non-hydrogen) atoms. The highest BCUT2D eigenvalue weighted by Crippen LogP contribution is 2.29. The number of ether oxygens (including phenoxy) is 2. The molecule has 236 valence electrons. The van der Waals surface area contributed by atoms with Crippen molar-refractivity contribution < 1.29 is 28.7 Å². The molecule has 0 saturated carbocycles. The molecule has 0 fully saturated rings. The number of rotatable bonds is 11. The lowest BCUT2D eigenvalue weighted by molar-refractivity contribution is -0.141. The largest absolute Gasteiger partial charge is 0.463 e. The number of carbonyl (C=O) groups excluding carboxylic acids is 4. The lowest BCUT2D eigenvalue weighted by Gasteiger charge is -2.40. The van der Waals surface area contributed by atoms with Crippen LogP contribution in [0.25, 0.3) is 0 Å². The first-order valence-electron chi connectivity index (χ1n) is 14.6. The molecule has 9 nitrogen and oxygen atoms in total. The van der Waals surface area contributed by atoms with Crippen LogP contribution in [0.4, 0.5) is 4.79 Å². The molecule has 0 unspecified atom stereocenters. The van der Waals surface area contributed by atoms with Gasteiger partial charge in [0.05, 0.1) is 12.6 Å². The summed E-state index contributed by atoms with van der Waals surface area (Å²) in [6.45, 7) is 22.1. The average Bonchev–Trinajstić information content (AvgIpc) is 2.86. The Kier molecular flexibility index (Phi) is 12.8. The van der Waals surface area contributed by atoms with Gasteiger partial charge in [0.25, 0.3) is 0 Å². The summed E-state index contributed by atoms with van der Waals surface area (Å²) in [5.74, 6) is -1.31. The molecule has 0 spiro atoms. The zero-order chi connectivity index (χ0) is 32.6. The maximum atomic E-state index is 14.1. The molecule has 1 aromatic carbocycles. The van der Waals surface area contributed by atoms with E-state index < -0.39 is 52.5 Å². The number of benzene rings is 1. The zero-order valence-electron chi connectivity index (χ0n) is 27.9. The second-order valence-corrected chi connectivity index (χ2v) is 13.7. The van der Waals surface area contributed by atoms with Crippen LogP contribution in [0.1, 0.15) is 88.6 Å². The van der Waals surface area contributed by atoms with Crippen molar-refractivity contribution in [1.82, 2.24) is 15.5 Å². The van der Waals surface area contributed by atoms with Crippen LogP contribution in [-0.2, 0) is 29.3 Å². The summed E-state index contributed by atoms with van der Waals surface area (Å²) in [5, 5.41) is 5.73. The van der Waals surface area contributed by atoms with Gasteiger partial charge in [-0.1, -0.05) is 84.9 Å². The summed E-state index contributed by atoms with van der Waals surface area (Å²) in [4.78, 5) is 54.9. The SMILES string of the molecule is CCOC(=O)/C(C)=C/[C@H](C(C)C)N(C)C(=O)[C@@H](NC(=O)[C@@H](NC(=O)OC(C)(C)C)C(C)(C)c1ccccc1)C(C)(C)C. The summed E-state index contributed by atoms with van der Waals surface area (Å²) in [6.07, 6.45) is 0.995. The Bertz CT molecular complexity index is 1110. The molecule has 9 heteroatoms. The number of nitrogens with one attached hydrogen (secondary N) is 2. The topological polar surface area (TPSA) is 114 Å². The predicted octanol–water partition coefficient (Wildman–Crippen LogP) is 5.38. The fourth-order valence-corrected chi connectivity index (χ4v) is 4.58. The molecule has 0 aromatic heterocycles. The predicted molar refractivity (Wildman–Crippen MR) is 166 cm³/mol. The minimum Gasteiger partial charge on any atom is -0.463 e. The fraction of sp³-hybridized carbons (Fsp3) is 0.636. The van der Waals surface area contributed by atoms with E-state index in [9.17, 15) is 19.2 Å². The Balaban J connectivity index is 3.48. The van der Waals surface area contributed by atoms with E-state index in [4.69, 9.17) is 9.47 Å². The van der Waals surface area contributed by atoms with E-state index in [1.807, 2.05) is 78.8 Å². The van der Waals surface area contributed by atoms with Crippen molar-refractivity contribution in [3.63, 3.8) is 0 Å². The van der Waals surface area contributed by atoms with Gasteiger partial charge < -0.3 is 25.0 Å². The number of esters is 1. The molecule has 1 rings (SSSR count). The Morgan fingerprint density at radius 3 is 1.90 bits per heavy atom. The Labute approximate surface area is 252 Å². The van der Waals surface area contributed by atoms with Crippen LogP contribution < -0.4 is 10.6 Å². The van der Waals surface area contributed by atoms with Crippen molar-refractivity contribution in [2.24, 2.45) is 11.3 Å².